The lowest BCUT2D eigenvalue weighted by molar-refractivity contribution is -0.139. The molecular formula is C30H28BrClN4O5S. The van der Waals surface area contributed by atoms with Gasteiger partial charge < -0.3 is 24.8 Å². The number of rotatable bonds is 11. The number of esters is 1. The molecule has 1 aliphatic heterocycles. The van der Waals surface area contributed by atoms with Crippen LogP contribution in [0.4, 0.5) is 0 Å². The van der Waals surface area contributed by atoms with Crippen LogP contribution >= 0.6 is 39.7 Å². The number of ether oxygens (including phenoxy) is 3. The molecule has 0 unspecified atom stereocenters. The Morgan fingerprint density at radius 1 is 1.10 bits per heavy atom. The van der Waals surface area contributed by atoms with Gasteiger partial charge in [-0.2, -0.15) is 5.10 Å². The van der Waals surface area contributed by atoms with Crippen molar-refractivity contribution < 1.29 is 23.8 Å². The van der Waals surface area contributed by atoms with E-state index >= 15 is 0 Å². The highest BCUT2D eigenvalue weighted by Gasteiger charge is 2.32. The van der Waals surface area contributed by atoms with E-state index in [1.54, 1.807) is 50.2 Å². The molecule has 9 nitrogen and oxygen atoms in total. The highest BCUT2D eigenvalue weighted by molar-refractivity contribution is 9.10. The summed E-state index contributed by atoms with van der Waals surface area (Å²) in [6.07, 6.45) is 1.48. The molecule has 3 aromatic carbocycles. The summed E-state index contributed by atoms with van der Waals surface area (Å²) in [6, 6.07) is 19.3. The number of carbonyl (C=O) groups excluding carboxylic acids is 2. The Balaban J connectivity index is 1.42. The highest BCUT2D eigenvalue weighted by atomic mass is 79.9. The fourth-order valence-corrected chi connectivity index (χ4v) is 4.97. The average Bonchev–Trinajstić information content (AvgIpc) is 2.96. The van der Waals surface area contributed by atoms with Gasteiger partial charge in [-0.05, 0) is 56.4 Å². The molecular weight excluding hydrogens is 644 g/mol. The zero-order chi connectivity index (χ0) is 30.1. The van der Waals surface area contributed by atoms with Crippen LogP contribution < -0.4 is 25.5 Å². The first-order valence-corrected chi connectivity index (χ1v) is 14.5. The van der Waals surface area contributed by atoms with Crippen LogP contribution in [0.5, 0.6) is 11.5 Å². The van der Waals surface area contributed by atoms with E-state index in [1.807, 2.05) is 30.3 Å². The third kappa shape index (κ3) is 8.09. The first-order valence-electron chi connectivity index (χ1n) is 12.9. The third-order valence-electron chi connectivity index (χ3n) is 6.06. The number of nitrogens with one attached hydrogen (secondary N) is 3. The Bertz CT molecular complexity index is 1550. The molecule has 12 heteroatoms. The first-order chi connectivity index (χ1) is 20.3. The summed E-state index contributed by atoms with van der Waals surface area (Å²) in [6.45, 7) is 3.65. The van der Waals surface area contributed by atoms with Crippen molar-refractivity contribution in [3.8, 4) is 11.5 Å². The minimum absolute atomic E-state index is 0.223. The predicted octanol–water partition coefficient (Wildman–Crippen LogP) is 5.57. The van der Waals surface area contributed by atoms with Crippen LogP contribution in [-0.2, 0) is 20.9 Å². The summed E-state index contributed by atoms with van der Waals surface area (Å²) in [5.41, 5.74) is 5.53. The van der Waals surface area contributed by atoms with Gasteiger partial charge in [0.1, 0.15) is 18.1 Å². The van der Waals surface area contributed by atoms with Gasteiger partial charge >= 0.3 is 5.97 Å². The molecule has 0 saturated carbocycles. The Labute approximate surface area is 262 Å². The normalized spacial score (nSPS) is 14.7. The fraction of sp³-hybridized carbons (Fsp3) is 0.200. The molecule has 0 fully saturated rings. The van der Waals surface area contributed by atoms with Crippen LogP contribution in [0.25, 0.3) is 0 Å². The molecule has 1 amide bonds. The van der Waals surface area contributed by atoms with E-state index in [0.717, 1.165) is 10.0 Å². The summed E-state index contributed by atoms with van der Waals surface area (Å²) in [4.78, 5) is 25.4. The number of hydrazone groups is 1. The molecule has 0 bridgehead atoms. The predicted molar refractivity (Wildman–Crippen MR) is 169 cm³/mol. The molecule has 42 heavy (non-hydrogen) atoms. The second-order valence-electron chi connectivity index (χ2n) is 8.97. The van der Waals surface area contributed by atoms with Gasteiger partial charge in [0.15, 0.2) is 11.7 Å². The lowest BCUT2D eigenvalue weighted by Gasteiger charge is -2.30. The van der Waals surface area contributed by atoms with Gasteiger partial charge in [0, 0.05) is 31.9 Å². The lowest BCUT2D eigenvalue weighted by atomic mass is 9.95. The summed E-state index contributed by atoms with van der Waals surface area (Å²) >= 11 is 15.0. The quantitative estimate of drug-likeness (QED) is 0.105. The van der Waals surface area contributed by atoms with Crippen molar-refractivity contribution in [1.29, 1.82) is 0 Å². The number of nitrogens with zero attached hydrogens (tertiary/aromatic N) is 1. The third-order valence-corrected chi connectivity index (χ3v) is 7.14. The van der Waals surface area contributed by atoms with Crippen molar-refractivity contribution in [3.63, 3.8) is 0 Å². The number of hydrogen-bond acceptors (Lipinski definition) is 7. The average molecular weight is 672 g/mol. The van der Waals surface area contributed by atoms with Crippen LogP contribution in [0.2, 0.25) is 5.02 Å². The van der Waals surface area contributed by atoms with Gasteiger partial charge in [0.05, 0.1) is 24.4 Å². The van der Waals surface area contributed by atoms with Crippen LogP contribution in [0, 0.1) is 0 Å². The largest absolute Gasteiger partial charge is 0.488 e. The molecule has 0 spiro atoms. The Morgan fingerprint density at radius 3 is 2.64 bits per heavy atom. The van der Waals surface area contributed by atoms with E-state index in [4.69, 9.17) is 38.0 Å². The molecule has 0 aliphatic carbocycles. The number of allylic oxidation sites excluding steroid dienone is 1. The molecule has 1 atom stereocenters. The Morgan fingerprint density at radius 2 is 1.86 bits per heavy atom. The fourth-order valence-electron chi connectivity index (χ4n) is 4.13. The minimum Gasteiger partial charge on any atom is -0.488 e. The molecule has 0 radical (unpaired) electrons. The number of halogens is 2. The van der Waals surface area contributed by atoms with Crippen LogP contribution in [-0.4, -0.2) is 36.4 Å². The second kappa shape index (κ2) is 14.8. The zero-order valence-corrected chi connectivity index (χ0v) is 25.9. The molecule has 4 rings (SSSR count). The smallest absolute Gasteiger partial charge is 0.338 e. The van der Waals surface area contributed by atoms with Crippen molar-refractivity contribution in [2.45, 2.75) is 26.5 Å². The molecule has 0 saturated heterocycles. The molecule has 3 N–H and O–H groups in total. The van der Waals surface area contributed by atoms with Crippen LogP contribution in [0.3, 0.4) is 0 Å². The molecule has 3 aromatic rings. The number of amides is 1. The molecule has 218 valence electrons. The Kier molecular flexibility index (Phi) is 10.9. The number of thiocarbonyl (C=S) groups is 1. The lowest BCUT2D eigenvalue weighted by Crippen LogP contribution is -2.45. The summed E-state index contributed by atoms with van der Waals surface area (Å²) < 4.78 is 17.9. The maximum Gasteiger partial charge on any atom is 0.338 e. The second-order valence-corrected chi connectivity index (χ2v) is 10.7. The van der Waals surface area contributed by atoms with Crippen molar-refractivity contribution in [1.82, 2.24) is 16.1 Å². The number of hydrogen-bond donors (Lipinski definition) is 3. The Hall–Kier alpha value is -3.93. The van der Waals surface area contributed by atoms with E-state index in [9.17, 15) is 9.59 Å². The molecule has 0 aromatic heterocycles. The number of carbonyl (C=O) groups is 2. The van der Waals surface area contributed by atoms with Crippen molar-refractivity contribution in [2.24, 2.45) is 5.10 Å². The number of para-hydroxylation sites is 1. The van der Waals surface area contributed by atoms with Gasteiger partial charge in [-0.1, -0.05) is 63.9 Å². The minimum atomic E-state index is -0.629. The van der Waals surface area contributed by atoms with Crippen molar-refractivity contribution in [3.05, 3.63) is 104 Å². The SMILES string of the molecule is CCOC(=O)C1=C(C)NC(=S)N[C@@H]1c1ccccc1OCC(=O)NN=Cc1cc(Br)ccc1OCc1ccccc1Cl. The van der Waals surface area contributed by atoms with E-state index < -0.39 is 17.9 Å². The number of benzene rings is 3. The zero-order valence-electron chi connectivity index (χ0n) is 22.8. The molecule has 1 aliphatic rings. The van der Waals surface area contributed by atoms with Crippen molar-refractivity contribution in [2.75, 3.05) is 13.2 Å². The standard InChI is InChI=1S/C30H28BrClN4O5S/c1-3-39-29(38)27-18(2)34-30(42)35-28(27)22-9-5-7-11-25(22)41-17-26(37)36-33-15-20-14-21(31)12-13-24(20)40-16-19-8-4-6-10-23(19)32/h4-15,28H,3,16-17H2,1-2H3,(H,36,37)(H2,34,35,42)/t28-/m1/s1. The van der Waals surface area contributed by atoms with Gasteiger partial charge in [-0.3, -0.25) is 4.79 Å². The van der Waals surface area contributed by atoms with E-state index in [2.05, 4.69) is 37.1 Å². The van der Waals surface area contributed by atoms with Gasteiger partial charge in [-0.15, -0.1) is 0 Å². The first kappa shape index (κ1) is 31.0. The monoisotopic (exact) mass is 670 g/mol. The summed E-state index contributed by atoms with van der Waals surface area (Å²) in [5, 5.41) is 11.1. The van der Waals surface area contributed by atoms with Crippen molar-refractivity contribution >= 4 is 63.0 Å². The van der Waals surface area contributed by atoms with Gasteiger partial charge in [0.2, 0.25) is 0 Å². The maximum absolute atomic E-state index is 12.7. The highest BCUT2D eigenvalue weighted by Crippen LogP contribution is 2.33. The van der Waals surface area contributed by atoms with Gasteiger partial charge in [-0.25, -0.2) is 10.2 Å². The topological polar surface area (TPSA) is 110 Å². The van der Waals surface area contributed by atoms with Crippen LogP contribution in [0.1, 0.15) is 36.6 Å². The summed E-state index contributed by atoms with van der Waals surface area (Å²) in [5.74, 6) is -0.00188. The van der Waals surface area contributed by atoms with Crippen LogP contribution in [0.15, 0.2) is 87.6 Å². The molecule has 1 heterocycles. The van der Waals surface area contributed by atoms with E-state index in [0.29, 0.717) is 44.0 Å². The van der Waals surface area contributed by atoms with E-state index in [1.165, 1.54) is 6.21 Å². The summed E-state index contributed by atoms with van der Waals surface area (Å²) in [7, 11) is 0. The van der Waals surface area contributed by atoms with E-state index in [-0.39, 0.29) is 19.8 Å². The van der Waals surface area contributed by atoms with Gasteiger partial charge in [0.25, 0.3) is 5.91 Å². The maximum atomic E-state index is 12.7.